The van der Waals surface area contributed by atoms with Crippen LogP contribution < -0.4 is 14.4 Å². The Morgan fingerprint density at radius 1 is 1.45 bits per heavy atom. The van der Waals surface area contributed by atoms with Gasteiger partial charge in [0.2, 0.25) is 0 Å². The zero-order valence-corrected chi connectivity index (χ0v) is 11.4. The molecule has 0 atom stereocenters. The molecule has 20 heavy (non-hydrogen) atoms. The van der Waals surface area contributed by atoms with E-state index in [-0.39, 0.29) is 10.8 Å². The topological polar surface area (TPSA) is 113 Å². The Hall–Kier alpha value is -2.36. The van der Waals surface area contributed by atoms with Gasteiger partial charge in [-0.15, -0.1) is 5.10 Å². The van der Waals surface area contributed by atoms with Crippen LogP contribution in [0.15, 0.2) is 23.1 Å². The fourth-order valence-corrected chi connectivity index (χ4v) is 2.84. The molecule has 0 radical (unpaired) electrons. The molecule has 10 heteroatoms. The van der Waals surface area contributed by atoms with E-state index in [9.17, 15) is 8.42 Å². The van der Waals surface area contributed by atoms with E-state index >= 15 is 0 Å². The van der Waals surface area contributed by atoms with Crippen molar-refractivity contribution in [2.75, 3.05) is 29.8 Å². The lowest BCUT2D eigenvalue weighted by atomic mass is 10.2. The number of likely N-dealkylation sites (N-methyl/N-ethyl adjacent to an activating group) is 1. The maximum absolute atomic E-state index is 12.2. The summed E-state index contributed by atoms with van der Waals surface area (Å²) in [4.78, 5) is 2.05. The molecule has 1 aromatic heterocycles. The van der Waals surface area contributed by atoms with Gasteiger partial charge in [-0.1, -0.05) is 5.10 Å². The van der Waals surface area contributed by atoms with Gasteiger partial charge < -0.3 is 9.64 Å². The molecule has 0 saturated carbocycles. The van der Waals surface area contributed by atoms with Gasteiger partial charge in [0.25, 0.3) is 16.0 Å². The summed E-state index contributed by atoms with van der Waals surface area (Å²) >= 11 is 0. The fourth-order valence-electron chi connectivity index (χ4n) is 1.88. The van der Waals surface area contributed by atoms with Gasteiger partial charge in [-0.05, 0) is 23.4 Å². The molecule has 1 aliphatic rings. The highest BCUT2D eigenvalue weighted by Gasteiger charge is 2.21. The number of ether oxygens (including phenoxy) is 1. The van der Waals surface area contributed by atoms with Gasteiger partial charge in [0, 0.05) is 7.05 Å². The van der Waals surface area contributed by atoms with Crippen LogP contribution in [0.2, 0.25) is 0 Å². The molecule has 1 aromatic carbocycles. The standard InChI is InChI=1S/C10H12N6O3S/c1-16-4-5-19-9-3-2-7(6-8(9)16)20(17,18)13-10-11-14-15-12-10/h2-3,6H,4-5H2,1H3,(H2,11,12,13,14,15). The number of H-pyrrole nitrogens is 1. The lowest BCUT2D eigenvalue weighted by Gasteiger charge is -2.27. The molecule has 9 nitrogen and oxygen atoms in total. The number of aromatic amines is 1. The number of sulfonamides is 1. The molecule has 0 spiro atoms. The van der Waals surface area contributed by atoms with Crippen LogP contribution >= 0.6 is 0 Å². The third-order valence-corrected chi connectivity index (χ3v) is 4.23. The molecule has 0 saturated heterocycles. The highest BCUT2D eigenvalue weighted by Crippen LogP contribution is 2.33. The highest BCUT2D eigenvalue weighted by molar-refractivity contribution is 7.92. The lowest BCUT2D eigenvalue weighted by molar-refractivity contribution is 0.311. The molecular weight excluding hydrogens is 284 g/mol. The number of nitrogens with one attached hydrogen (secondary N) is 2. The van der Waals surface area contributed by atoms with Gasteiger partial charge in [0.15, 0.2) is 0 Å². The van der Waals surface area contributed by atoms with Gasteiger partial charge in [0.05, 0.1) is 17.1 Å². The SMILES string of the molecule is CN1CCOc2ccc(S(=O)(=O)Nc3nn[nH]n3)cc21. The maximum atomic E-state index is 12.2. The normalized spacial score (nSPS) is 14.6. The second-order valence-electron chi connectivity index (χ2n) is 4.24. The minimum absolute atomic E-state index is 0.104. The summed E-state index contributed by atoms with van der Waals surface area (Å²) in [5, 5.41) is 12.6. The number of fused-ring (bicyclic) bond motifs is 1. The van der Waals surface area contributed by atoms with E-state index < -0.39 is 10.0 Å². The Bertz CT molecular complexity index is 715. The van der Waals surface area contributed by atoms with Crippen LogP contribution in [0.25, 0.3) is 0 Å². The third kappa shape index (κ3) is 2.25. The molecule has 0 unspecified atom stereocenters. The number of aromatic nitrogens is 4. The van der Waals surface area contributed by atoms with Gasteiger partial charge in [-0.25, -0.2) is 13.1 Å². The van der Waals surface area contributed by atoms with Crippen LogP contribution in [0.1, 0.15) is 0 Å². The van der Waals surface area contributed by atoms with Crippen molar-refractivity contribution in [3.63, 3.8) is 0 Å². The van der Waals surface area contributed by atoms with E-state index in [0.717, 1.165) is 5.69 Å². The Balaban J connectivity index is 1.96. The van der Waals surface area contributed by atoms with Crippen LogP contribution in [0.3, 0.4) is 0 Å². The predicted octanol–water partition coefficient (Wildman–Crippen LogP) is -0.171. The average molecular weight is 296 g/mol. The van der Waals surface area contributed by atoms with Gasteiger partial charge in [-0.3, -0.25) is 0 Å². The van der Waals surface area contributed by atoms with Crippen molar-refractivity contribution in [1.29, 1.82) is 0 Å². The van der Waals surface area contributed by atoms with Crippen LogP contribution in [0, 0.1) is 0 Å². The zero-order chi connectivity index (χ0) is 14.2. The summed E-state index contributed by atoms with van der Waals surface area (Å²) in [6.45, 7) is 1.28. The third-order valence-electron chi connectivity index (χ3n) is 2.91. The van der Waals surface area contributed by atoms with Gasteiger partial charge in [0.1, 0.15) is 12.4 Å². The molecule has 3 rings (SSSR count). The molecule has 0 bridgehead atoms. The first kappa shape index (κ1) is 12.7. The number of anilines is 2. The molecule has 0 aliphatic carbocycles. The van der Waals surface area contributed by atoms with E-state index in [1.165, 1.54) is 6.07 Å². The monoisotopic (exact) mass is 296 g/mol. The summed E-state index contributed by atoms with van der Waals surface area (Å²) < 4.78 is 32.1. The van der Waals surface area contributed by atoms with Crippen molar-refractivity contribution in [2.45, 2.75) is 4.90 Å². The van der Waals surface area contributed by atoms with E-state index in [1.807, 2.05) is 11.9 Å². The minimum Gasteiger partial charge on any atom is -0.490 e. The van der Waals surface area contributed by atoms with Crippen molar-refractivity contribution in [3.05, 3.63) is 18.2 Å². The number of tetrazole rings is 1. The number of rotatable bonds is 3. The molecule has 106 valence electrons. The van der Waals surface area contributed by atoms with Crippen LogP contribution in [-0.2, 0) is 10.0 Å². The first-order chi connectivity index (χ1) is 9.56. The Kier molecular flexibility index (Phi) is 2.93. The van der Waals surface area contributed by atoms with Crippen molar-refractivity contribution >= 4 is 21.7 Å². The smallest absolute Gasteiger partial charge is 0.276 e. The summed E-state index contributed by atoms with van der Waals surface area (Å²) in [5.74, 6) is 0.560. The number of hydrogen-bond acceptors (Lipinski definition) is 7. The Labute approximate surface area is 115 Å². The Morgan fingerprint density at radius 2 is 2.30 bits per heavy atom. The quantitative estimate of drug-likeness (QED) is 0.808. The number of hydrogen-bond donors (Lipinski definition) is 2. The lowest BCUT2D eigenvalue weighted by Crippen LogP contribution is -2.29. The molecular formula is C10H12N6O3S. The first-order valence-electron chi connectivity index (χ1n) is 5.80. The second kappa shape index (κ2) is 4.63. The number of benzene rings is 1. The van der Waals surface area contributed by atoms with Crippen molar-refractivity contribution in [2.24, 2.45) is 0 Å². The molecule has 2 heterocycles. The largest absolute Gasteiger partial charge is 0.490 e. The summed E-state index contributed by atoms with van der Waals surface area (Å²) in [6, 6.07) is 4.66. The van der Waals surface area contributed by atoms with Crippen LogP contribution in [0.5, 0.6) is 5.75 Å². The van der Waals surface area contributed by atoms with E-state index in [0.29, 0.717) is 18.9 Å². The molecule has 2 aromatic rings. The van der Waals surface area contributed by atoms with E-state index in [1.54, 1.807) is 12.1 Å². The van der Waals surface area contributed by atoms with Crippen molar-refractivity contribution in [1.82, 2.24) is 20.6 Å². The summed E-state index contributed by atoms with van der Waals surface area (Å²) in [6.07, 6.45) is 0. The molecule has 2 N–H and O–H groups in total. The molecule has 0 amide bonds. The second-order valence-corrected chi connectivity index (χ2v) is 5.92. The van der Waals surface area contributed by atoms with Crippen LogP contribution in [0.4, 0.5) is 11.6 Å². The zero-order valence-electron chi connectivity index (χ0n) is 10.6. The van der Waals surface area contributed by atoms with Crippen molar-refractivity contribution < 1.29 is 13.2 Å². The fraction of sp³-hybridized carbons (Fsp3) is 0.300. The highest BCUT2D eigenvalue weighted by atomic mass is 32.2. The molecule has 0 fully saturated rings. The Morgan fingerprint density at radius 3 is 3.05 bits per heavy atom. The predicted molar refractivity (Wildman–Crippen MR) is 70.2 cm³/mol. The summed E-state index contributed by atoms with van der Waals surface area (Å²) in [7, 11) is -1.88. The van der Waals surface area contributed by atoms with Crippen molar-refractivity contribution in [3.8, 4) is 5.75 Å². The van der Waals surface area contributed by atoms with Gasteiger partial charge >= 0.3 is 0 Å². The van der Waals surface area contributed by atoms with Gasteiger partial charge in [-0.2, -0.15) is 5.21 Å². The average Bonchev–Trinajstić information content (AvgIpc) is 2.91. The summed E-state index contributed by atoms with van der Waals surface area (Å²) in [5.41, 5.74) is 0.729. The van der Waals surface area contributed by atoms with Crippen LogP contribution in [-0.4, -0.2) is 49.2 Å². The van der Waals surface area contributed by atoms with E-state index in [2.05, 4.69) is 25.3 Å². The first-order valence-corrected chi connectivity index (χ1v) is 7.29. The molecule has 1 aliphatic heterocycles. The maximum Gasteiger partial charge on any atom is 0.276 e. The number of nitrogens with zero attached hydrogens (tertiary/aromatic N) is 4. The van der Waals surface area contributed by atoms with E-state index in [4.69, 9.17) is 4.74 Å². The minimum atomic E-state index is -3.76.